The molecule has 0 aliphatic heterocycles. The van der Waals surface area contributed by atoms with E-state index in [9.17, 15) is 0 Å². The molecule has 3 heteroatoms. The van der Waals surface area contributed by atoms with Gasteiger partial charge in [-0.25, -0.2) is 0 Å². The number of fused-ring (bicyclic) bond motifs is 9. The average molecular weight is 727 g/mol. The van der Waals surface area contributed by atoms with Gasteiger partial charge in [-0.15, -0.1) is 0 Å². The van der Waals surface area contributed by atoms with E-state index in [2.05, 4.69) is 203 Å². The minimum atomic E-state index is 0.894. The molecule has 266 valence electrons. The number of rotatable bonds is 5. The van der Waals surface area contributed by atoms with Crippen molar-refractivity contribution in [3.8, 4) is 44.8 Å². The highest BCUT2D eigenvalue weighted by molar-refractivity contribution is 6.17. The Hall–Kier alpha value is -7.62. The second-order valence-electron chi connectivity index (χ2n) is 14.9. The van der Waals surface area contributed by atoms with Crippen LogP contribution in [0.25, 0.3) is 110 Å². The zero-order valence-corrected chi connectivity index (χ0v) is 30.9. The quantitative estimate of drug-likeness (QED) is 0.173. The molecule has 3 aromatic heterocycles. The number of aromatic nitrogens is 2. The van der Waals surface area contributed by atoms with Crippen molar-refractivity contribution < 1.29 is 4.42 Å². The highest BCUT2D eigenvalue weighted by atomic mass is 16.3. The van der Waals surface area contributed by atoms with Crippen LogP contribution >= 0.6 is 0 Å². The number of furan rings is 1. The molecule has 3 nitrogen and oxygen atoms in total. The Labute approximate surface area is 328 Å². The van der Waals surface area contributed by atoms with E-state index in [-0.39, 0.29) is 0 Å². The van der Waals surface area contributed by atoms with Gasteiger partial charge in [0.2, 0.25) is 0 Å². The van der Waals surface area contributed by atoms with E-state index in [1.807, 2.05) is 12.1 Å². The average Bonchev–Trinajstić information content (AvgIpc) is 3.94. The highest BCUT2D eigenvalue weighted by Crippen LogP contribution is 2.42. The minimum Gasteiger partial charge on any atom is -0.456 e. The Balaban J connectivity index is 1.10. The molecule has 57 heavy (non-hydrogen) atoms. The van der Waals surface area contributed by atoms with Crippen LogP contribution in [0.3, 0.4) is 0 Å². The molecular weight excluding hydrogens is 693 g/mol. The molecule has 12 aromatic rings. The second-order valence-corrected chi connectivity index (χ2v) is 14.9. The summed E-state index contributed by atoms with van der Waals surface area (Å²) < 4.78 is 11.2. The summed E-state index contributed by atoms with van der Waals surface area (Å²) in [6, 6.07) is 74.6. The Morgan fingerprint density at radius 2 is 0.860 bits per heavy atom. The van der Waals surface area contributed by atoms with Crippen molar-refractivity contribution in [1.29, 1.82) is 0 Å². The van der Waals surface area contributed by atoms with Crippen molar-refractivity contribution in [3.05, 3.63) is 206 Å². The Morgan fingerprint density at radius 1 is 0.281 bits per heavy atom. The zero-order chi connectivity index (χ0) is 37.5. The maximum atomic E-state index is 6.37. The summed E-state index contributed by atoms with van der Waals surface area (Å²) in [5.41, 5.74) is 15.8. The first-order chi connectivity index (χ1) is 28.3. The Bertz CT molecular complexity index is 3510. The van der Waals surface area contributed by atoms with Gasteiger partial charge in [0.05, 0.1) is 22.1 Å². The molecule has 0 fully saturated rings. The third kappa shape index (κ3) is 4.92. The Morgan fingerprint density at radius 3 is 1.68 bits per heavy atom. The fraction of sp³-hybridized carbons (Fsp3) is 0. The summed E-state index contributed by atoms with van der Waals surface area (Å²) in [6.07, 6.45) is 0. The maximum absolute atomic E-state index is 6.37. The van der Waals surface area contributed by atoms with Crippen LogP contribution in [0, 0.1) is 0 Å². The first-order valence-corrected chi connectivity index (χ1v) is 19.5. The standard InChI is InChI=1S/C54H34N2O/c1-3-14-35(15-4-1)38-30-39(36-26-29-46-45-19-9-12-25-52(45)57-53(46)34-36)32-41(31-38)56-49-23-11-8-20-47(49)54-42(21-13-24-50(54)56)37-27-28-44-43-18-7-10-22-48(43)55(51(44)33-37)40-16-5-2-6-17-40/h1-34H. The van der Waals surface area contributed by atoms with Crippen molar-refractivity contribution in [2.45, 2.75) is 0 Å². The normalized spacial score (nSPS) is 11.9. The molecule has 0 spiro atoms. The van der Waals surface area contributed by atoms with Crippen LogP contribution in [-0.4, -0.2) is 9.13 Å². The van der Waals surface area contributed by atoms with Crippen LogP contribution < -0.4 is 0 Å². The van der Waals surface area contributed by atoms with Gasteiger partial charge in [0.15, 0.2) is 0 Å². The highest BCUT2D eigenvalue weighted by Gasteiger charge is 2.20. The number of benzene rings is 9. The Kier molecular flexibility index (Phi) is 6.93. The minimum absolute atomic E-state index is 0.894. The number of hydrogen-bond donors (Lipinski definition) is 0. The lowest BCUT2D eigenvalue weighted by Crippen LogP contribution is -1.96. The summed E-state index contributed by atoms with van der Waals surface area (Å²) in [6.45, 7) is 0. The molecule has 0 N–H and O–H groups in total. The van der Waals surface area contributed by atoms with E-state index in [1.54, 1.807) is 0 Å². The molecule has 3 heterocycles. The molecule has 12 rings (SSSR count). The first kappa shape index (κ1) is 31.7. The molecule has 0 saturated carbocycles. The molecule has 0 bridgehead atoms. The van der Waals surface area contributed by atoms with Crippen LogP contribution in [0.5, 0.6) is 0 Å². The SMILES string of the molecule is c1ccc(-c2cc(-c3ccc4c(c3)oc3ccccc34)cc(-n3c4ccccc4c4c(-c5ccc6c7ccccc7n(-c7ccccc7)c6c5)cccc43)c2)cc1. The van der Waals surface area contributed by atoms with Crippen LogP contribution in [0.2, 0.25) is 0 Å². The number of para-hydroxylation sites is 4. The van der Waals surface area contributed by atoms with Gasteiger partial charge in [0.1, 0.15) is 11.2 Å². The molecule has 0 aliphatic rings. The predicted molar refractivity (Wildman–Crippen MR) is 239 cm³/mol. The summed E-state index contributed by atoms with van der Waals surface area (Å²) in [5, 5.41) is 7.24. The summed E-state index contributed by atoms with van der Waals surface area (Å²) in [5.74, 6) is 0. The van der Waals surface area contributed by atoms with Gasteiger partial charge >= 0.3 is 0 Å². The molecule has 0 atom stereocenters. The van der Waals surface area contributed by atoms with Gasteiger partial charge in [-0.3, -0.25) is 0 Å². The molecule has 0 saturated heterocycles. The lowest BCUT2D eigenvalue weighted by molar-refractivity contribution is 0.669. The van der Waals surface area contributed by atoms with E-state index in [1.165, 1.54) is 60.3 Å². The molecular formula is C54H34N2O. The molecule has 9 aromatic carbocycles. The van der Waals surface area contributed by atoms with Crippen LogP contribution in [0.4, 0.5) is 0 Å². The van der Waals surface area contributed by atoms with Crippen LogP contribution in [-0.2, 0) is 0 Å². The predicted octanol–water partition coefficient (Wildman–Crippen LogP) is 14.8. The van der Waals surface area contributed by atoms with Gasteiger partial charge in [-0.1, -0.05) is 133 Å². The van der Waals surface area contributed by atoms with E-state index >= 15 is 0 Å². The van der Waals surface area contributed by atoms with Gasteiger partial charge in [0.25, 0.3) is 0 Å². The van der Waals surface area contributed by atoms with E-state index in [0.29, 0.717) is 0 Å². The van der Waals surface area contributed by atoms with Gasteiger partial charge in [0, 0.05) is 43.7 Å². The topological polar surface area (TPSA) is 23.0 Å². The molecule has 0 amide bonds. The van der Waals surface area contributed by atoms with Crippen LogP contribution in [0.1, 0.15) is 0 Å². The van der Waals surface area contributed by atoms with Gasteiger partial charge in [-0.05, 0) is 106 Å². The number of hydrogen-bond acceptors (Lipinski definition) is 1. The van der Waals surface area contributed by atoms with E-state index < -0.39 is 0 Å². The fourth-order valence-corrected chi connectivity index (χ4v) is 9.14. The molecule has 0 aliphatic carbocycles. The third-order valence-electron chi connectivity index (χ3n) is 11.7. The lowest BCUT2D eigenvalue weighted by Gasteiger charge is -2.14. The van der Waals surface area contributed by atoms with Crippen molar-refractivity contribution in [1.82, 2.24) is 9.13 Å². The van der Waals surface area contributed by atoms with Gasteiger partial charge in [-0.2, -0.15) is 0 Å². The van der Waals surface area contributed by atoms with E-state index in [4.69, 9.17) is 4.42 Å². The second kappa shape index (κ2) is 12.5. The maximum Gasteiger partial charge on any atom is 0.136 e. The molecule has 0 radical (unpaired) electrons. The summed E-state index contributed by atoms with van der Waals surface area (Å²) in [7, 11) is 0. The summed E-state index contributed by atoms with van der Waals surface area (Å²) >= 11 is 0. The third-order valence-corrected chi connectivity index (χ3v) is 11.7. The fourth-order valence-electron chi connectivity index (χ4n) is 9.14. The first-order valence-electron chi connectivity index (χ1n) is 19.5. The number of nitrogens with zero attached hydrogens (tertiary/aromatic N) is 2. The van der Waals surface area contributed by atoms with Crippen molar-refractivity contribution >= 4 is 65.6 Å². The van der Waals surface area contributed by atoms with Gasteiger partial charge < -0.3 is 13.6 Å². The monoisotopic (exact) mass is 726 g/mol. The summed E-state index contributed by atoms with van der Waals surface area (Å²) in [4.78, 5) is 0. The largest absolute Gasteiger partial charge is 0.456 e. The van der Waals surface area contributed by atoms with Crippen molar-refractivity contribution in [3.63, 3.8) is 0 Å². The molecule has 0 unspecified atom stereocenters. The van der Waals surface area contributed by atoms with Crippen LogP contribution in [0.15, 0.2) is 211 Å². The zero-order valence-electron chi connectivity index (χ0n) is 30.9. The lowest BCUT2D eigenvalue weighted by atomic mass is 9.97. The van der Waals surface area contributed by atoms with E-state index in [0.717, 1.165) is 50.0 Å². The van der Waals surface area contributed by atoms with Crippen molar-refractivity contribution in [2.75, 3.05) is 0 Å². The smallest absolute Gasteiger partial charge is 0.136 e. The van der Waals surface area contributed by atoms with Crippen molar-refractivity contribution in [2.24, 2.45) is 0 Å².